The van der Waals surface area contributed by atoms with Gasteiger partial charge in [-0.2, -0.15) is 0 Å². The Labute approximate surface area is 152 Å². The average Bonchev–Trinajstić information content (AvgIpc) is 2.89. The number of nitrogens with two attached hydrogens (primary N) is 2. The van der Waals surface area contributed by atoms with Gasteiger partial charge in [0.15, 0.2) is 0 Å². The highest BCUT2D eigenvalue weighted by Gasteiger charge is 2.15. The zero-order chi connectivity index (χ0) is 18.6. The number of fused-ring (bicyclic) bond motifs is 1. The number of furan rings is 1. The normalized spacial score (nSPS) is 10.6. The van der Waals surface area contributed by atoms with Crippen LogP contribution in [-0.4, -0.2) is 22.4 Å². The second-order valence-electron chi connectivity index (χ2n) is 4.80. The topological polar surface area (TPSA) is 135 Å². The van der Waals surface area contributed by atoms with Crippen molar-refractivity contribution in [3.05, 3.63) is 57.8 Å². The zero-order valence-corrected chi connectivity index (χ0v) is 14.1. The van der Waals surface area contributed by atoms with Gasteiger partial charge in [-0.05, 0) is 36.4 Å². The molecule has 6 N–H and O–H groups in total. The standard InChI is InChI=1S/C9H7ClN2O2.C7H6ClNO2/c10-4-1-2-6-5(3-4)7(11)8(14-6)9(12)13;8-6-1-2-7(10)5(3-6)4-9-11/h1-3H,11H2,(H2,12,13);1-4,10-11H. The number of amides is 1. The number of phenolic OH excluding ortho intramolecular Hbond substituents is 1. The Morgan fingerprint density at radius 3 is 2.44 bits per heavy atom. The van der Waals surface area contributed by atoms with Crippen LogP contribution in [0.5, 0.6) is 5.75 Å². The van der Waals surface area contributed by atoms with Gasteiger partial charge in [-0.15, -0.1) is 0 Å². The van der Waals surface area contributed by atoms with Crippen LogP contribution in [0.4, 0.5) is 5.69 Å². The van der Waals surface area contributed by atoms with Gasteiger partial charge < -0.3 is 26.2 Å². The molecule has 25 heavy (non-hydrogen) atoms. The molecular formula is C16H13Cl2N3O4. The SMILES string of the molecule is NC(=O)c1oc2ccc(Cl)cc2c1N.ON=Cc1cc(Cl)ccc1O. The number of halogens is 2. The van der Waals surface area contributed by atoms with Crippen molar-refractivity contribution in [3.8, 4) is 5.75 Å². The van der Waals surface area contributed by atoms with Gasteiger partial charge in [0.05, 0.1) is 11.9 Å². The molecule has 0 aliphatic rings. The molecule has 0 saturated carbocycles. The molecule has 1 amide bonds. The fourth-order valence-electron chi connectivity index (χ4n) is 1.96. The van der Waals surface area contributed by atoms with Gasteiger partial charge >= 0.3 is 0 Å². The fraction of sp³-hybridized carbons (Fsp3) is 0. The number of benzene rings is 2. The van der Waals surface area contributed by atoms with Crippen LogP contribution in [0, 0.1) is 0 Å². The molecule has 0 aliphatic carbocycles. The Morgan fingerprint density at radius 2 is 1.80 bits per heavy atom. The van der Waals surface area contributed by atoms with Gasteiger partial charge in [0, 0.05) is 21.0 Å². The Morgan fingerprint density at radius 1 is 1.16 bits per heavy atom. The Bertz CT molecular complexity index is 954. The molecule has 0 radical (unpaired) electrons. The van der Waals surface area contributed by atoms with E-state index in [1.807, 2.05) is 0 Å². The first-order valence-corrected chi connectivity index (χ1v) is 7.52. The predicted octanol–water partition coefficient (Wildman–Crippen LogP) is 3.62. The molecule has 1 heterocycles. The van der Waals surface area contributed by atoms with Crippen LogP contribution < -0.4 is 11.5 Å². The van der Waals surface area contributed by atoms with E-state index in [2.05, 4.69) is 5.16 Å². The van der Waals surface area contributed by atoms with E-state index in [4.69, 9.17) is 49.4 Å². The van der Waals surface area contributed by atoms with Gasteiger partial charge in [0.25, 0.3) is 5.91 Å². The summed E-state index contributed by atoms with van der Waals surface area (Å²) in [6, 6.07) is 9.39. The van der Waals surface area contributed by atoms with Crippen molar-refractivity contribution in [1.29, 1.82) is 0 Å². The fourth-order valence-corrected chi connectivity index (χ4v) is 2.32. The summed E-state index contributed by atoms with van der Waals surface area (Å²) < 4.78 is 5.16. The van der Waals surface area contributed by atoms with Gasteiger partial charge in [-0.25, -0.2) is 0 Å². The molecule has 0 saturated heterocycles. The van der Waals surface area contributed by atoms with Crippen molar-refractivity contribution in [3.63, 3.8) is 0 Å². The van der Waals surface area contributed by atoms with Crippen molar-refractivity contribution in [2.24, 2.45) is 10.9 Å². The van der Waals surface area contributed by atoms with Crippen LogP contribution in [-0.2, 0) is 0 Å². The van der Waals surface area contributed by atoms with Crippen LogP contribution in [0.1, 0.15) is 16.1 Å². The number of aromatic hydroxyl groups is 1. The highest BCUT2D eigenvalue weighted by Crippen LogP contribution is 2.30. The lowest BCUT2D eigenvalue weighted by atomic mass is 10.2. The number of carbonyl (C=O) groups excluding carboxylic acids is 1. The number of hydrogen-bond acceptors (Lipinski definition) is 6. The number of anilines is 1. The summed E-state index contributed by atoms with van der Waals surface area (Å²) in [7, 11) is 0. The second kappa shape index (κ2) is 7.78. The number of primary amides is 1. The molecule has 3 rings (SSSR count). The summed E-state index contributed by atoms with van der Waals surface area (Å²) in [4.78, 5) is 10.9. The lowest BCUT2D eigenvalue weighted by molar-refractivity contribution is 0.0977. The molecule has 0 atom stereocenters. The summed E-state index contributed by atoms with van der Waals surface area (Å²) >= 11 is 11.4. The van der Waals surface area contributed by atoms with E-state index in [1.165, 1.54) is 12.1 Å². The van der Waals surface area contributed by atoms with Crippen molar-refractivity contribution in [2.75, 3.05) is 5.73 Å². The molecule has 3 aromatic rings. The maximum absolute atomic E-state index is 10.9. The average molecular weight is 382 g/mol. The quantitative estimate of drug-likeness (QED) is 0.305. The molecule has 7 nitrogen and oxygen atoms in total. The van der Waals surface area contributed by atoms with Crippen LogP contribution >= 0.6 is 23.2 Å². The highest BCUT2D eigenvalue weighted by molar-refractivity contribution is 6.31. The number of nitrogen functional groups attached to an aromatic ring is 1. The Kier molecular flexibility index (Phi) is 5.74. The molecule has 0 aliphatic heterocycles. The number of carbonyl (C=O) groups is 1. The molecule has 0 unspecified atom stereocenters. The largest absolute Gasteiger partial charge is 0.507 e. The number of phenols is 1. The van der Waals surface area contributed by atoms with E-state index in [0.29, 0.717) is 26.6 Å². The molecule has 0 spiro atoms. The molecule has 2 aromatic carbocycles. The Hall–Kier alpha value is -2.90. The van der Waals surface area contributed by atoms with Crippen molar-refractivity contribution >= 4 is 52.0 Å². The van der Waals surface area contributed by atoms with Crippen LogP contribution in [0.15, 0.2) is 46.0 Å². The number of hydrogen-bond donors (Lipinski definition) is 4. The molecule has 1 aromatic heterocycles. The molecule has 0 fully saturated rings. The third kappa shape index (κ3) is 4.34. The summed E-state index contributed by atoms with van der Waals surface area (Å²) in [6.07, 6.45) is 1.11. The number of rotatable bonds is 2. The first-order valence-electron chi connectivity index (χ1n) is 6.76. The van der Waals surface area contributed by atoms with Gasteiger partial charge in [-0.3, -0.25) is 4.79 Å². The monoisotopic (exact) mass is 381 g/mol. The van der Waals surface area contributed by atoms with Crippen molar-refractivity contribution < 1.29 is 19.5 Å². The second-order valence-corrected chi connectivity index (χ2v) is 5.67. The minimum absolute atomic E-state index is 0.0257. The minimum atomic E-state index is -0.685. The summed E-state index contributed by atoms with van der Waals surface area (Å²) in [5.41, 5.74) is 11.8. The minimum Gasteiger partial charge on any atom is -0.507 e. The maximum atomic E-state index is 10.9. The first kappa shape index (κ1) is 18.4. The molecule has 0 bridgehead atoms. The smallest absolute Gasteiger partial charge is 0.286 e. The van der Waals surface area contributed by atoms with E-state index in [0.717, 1.165) is 6.21 Å². The van der Waals surface area contributed by atoms with Crippen LogP contribution in [0.25, 0.3) is 11.0 Å². The summed E-state index contributed by atoms with van der Waals surface area (Å²) in [6.45, 7) is 0. The van der Waals surface area contributed by atoms with E-state index in [-0.39, 0.29) is 17.2 Å². The maximum Gasteiger partial charge on any atom is 0.286 e. The van der Waals surface area contributed by atoms with E-state index in [9.17, 15) is 4.79 Å². The number of oxime groups is 1. The zero-order valence-electron chi connectivity index (χ0n) is 12.6. The van der Waals surface area contributed by atoms with Crippen LogP contribution in [0.2, 0.25) is 10.0 Å². The summed E-state index contributed by atoms with van der Waals surface area (Å²) in [5, 5.41) is 21.6. The third-order valence-electron chi connectivity index (χ3n) is 3.10. The van der Waals surface area contributed by atoms with E-state index < -0.39 is 5.91 Å². The van der Waals surface area contributed by atoms with Gasteiger partial charge in [0.1, 0.15) is 11.3 Å². The molecule has 9 heteroatoms. The predicted molar refractivity (Wildman–Crippen MR) is 96.7 cm³/mol. The van der Waals surface area contributed by atoms with E-state index in [1.54, 1.807) is 24.3 Å². The lowest BCUT2D eigenvalue weighted by Crippen LogP contribution is -2.11. The van der Waals surface area contributed by atoms with Gasteiger partial charge in [0.2, 0.25) is 5.76 Å². The van der Waals surface area contributed by atoms with Gasteiger partial charge in [-0.1, -0.05) is 28.4 Å². The highest BCUT2D eigenvalue weighted by atomic mass is 35.5. The van der Waals surface area contributed by atoms with Crippen LogP contribution in [0.3, 0.4) is 0 Å². The molecular weight excluding hydrogens is 369 g/mol. The third-order valence-corrected chi connectivity index (χ3v) is 3.57. The van der Waals surface area contributed by atoms with Crippen molar-refractivity contribution in [1.82, 2.24) is 0 Å². The first-order chi connectivity index (χ1) is 11.8. The van der Waals surface area contributed by atoms with Crippen molar-refractivity contribution in [2.45, 2.75) is 0 Å². The summed E-state index contributed by atoms with van der Waals surface area (Å²) in [5.74, 6) is -0.677. The number of nitrogens with zero attached hydrogens (tertiary/aromatic N) is 1. The Balaban J connectivity index is 0.000000186. The van der Waals surface area contributed by atoms with E-state index >= 15 is 0 Å². The molecule has 130 valence electrons. The lowest BCUT2D eigenvalue weighted by Gasteiger charge is -1.96.